The van der Waals surface area contributed by atoms with Crippen LogP contribution >= 0.6 is 0 Å². The molecule has 3 rings (SSSR count). The minimum atomic E-state index is 0.543. The van der Waals surface area contributed by atoms with Crippen molar-refractivity contribution in [2.24, 2.45) is 0 Å². The first kappa shape index (κ1) is 9.67. The molecule has 0 amide bonds. The molecule has 18 heavy (non-hydrogen) atoms. The van der Waals surface area contributed by atoms with E-state index in [0.717, 1.165) is 5.56 Å². The van der Waals surface area contributed by atoms with Crippen LogP contribution in [0.3, 0.4) is 0 Å². The van der Waals surface area contributed by atoms with Crippen molar-refractivity contribution in [2.75, 3.05) is 0 Å². The van der Waals surface area contributed by atoms with Gasteiger partial charge in [0, 0.05) is 0 Å². The quantitative estimate of drug-likeness (QED) is 0.581. The van der Waals surface area contributed by atoms with E-state index in [2.05, 4.69) is 48.5 Å². The zero-order valence-corrected chi connectivity index (χ0v) is 10.0. The first-order valence-corrected chi connectivity index (χ1v) is 6.06. The third-order valence-corrected chi connectivity index (χ3v) is 3.04. The first-order chi connectivity index (χ1) is 9.34. The van der Waals surface area contributed by atoms with Gasteiger partial charge in [0.1, 0.15) is 0 Å². The number of hydrogen-bond acceptors (Lipinski definition) is 0. The highest BCUT2D eigenvalue weighted by Gasteiger charge is 2.05. The second-order valence-corrected chi connectivity index (χ2v) is 4.20. The van der Waals surface area contributed by atoms with Crippen molar-refractivity contribution in [3.8, 4) is 22.3 Å². The molecule has 86 valence electrons. The summed E-state index contributed by atoms with van der Waals surface area (Å²) in [5.74, 6) is 0. The summed E-state index contributed by atoms with van der Waals surface area (Å²) in [6, 6.07) is 27.0. The van der Waals surface area contributed by atoms with Gasteiger partial charge in [-0.05, 0) is 22.3 Å². The molecular weight excluding hydrogens is 216 g/mol. The van der Waals surface area contributed by atoms with Crippen molar-refractivity contribution in [3.05, 3.63) is 84.9 Å². The molecule has 3 aromatic carbocycles. The van der Waals surface area contributed by atoms with Gasteiger partial charge >= 0.3 is 0 Å². The van der Waals surface area contributed by atoms with E-state index in [4.69, 9.17) is 1.37 Å². The Hall–Kier alpha value is -2.34. The van der Waals surface area contributed by atoms with Gasteiger partial charge in [-0.15, -0.1) is 0 Å². The Labute approximate surface area is 109 Å². The van der Waals surface area contributed by atoms with E-state index in [1.807, 2.05) is 30.3 Å². The van der Waals surface area contributed by atoms with E-state index < -0.39 is 0 Å². The highest BCUT2D eigenvalue weighted by Crippen LogP contribution is 2.31. The monoisotopic (exact) mass is 231 g/mol. The lowest BCUT2D eigenvalue weighted by Crippen LogP contribution is -1.83. The highest BCUT2D eigenvalue weighted by atomic mass is 14.1. The Morgan fingerprint density at radius 1 is 0.500 bits per heavy atom. The molecule has 0 aliphatic rings. The average Bonchev–Trinajstić information content (AvgIpc) is 2.49. The van der Waals surface area contributed by atoms with E-state index in [-0.39, 0.29) is 0 Å². The van der Waals surface area contributed by atoms with E-state index in [9.17, 15) is 0 Å². The van der Waals surface area contributed by atoms with Gasteiger partial charge in [-0.25, -0.2) is 0 Å². The molecule has 0 saturated heterocycles. The Kier molecular flexibility index (Phi) is 2.62. The average molecular weight is 231 g/mol. The minimum absolute atomic E-state index is 0.543. The molecular formula is C18H14. The van der Waals surface area contributed by atoms with Crippen LogP contribution in [0.4, 0.5) is 0 Å². The Balaban J connectivity index is 2.15. The summed E-state index contributed by atoms with van der Waals surface area (Å²) in [5, 5.41) is 0. The summed E-state index contributed by atoms with van der Waals surface area (Å²) in [7, 11) is 0. The molecule has 0 bridgehead atoms. The number of hydrogen-bond donors (Lipinski definition) is 0. The lowest BCUT2D eigenvalue weighted by atomic mass is 9.95. The molecule has 0 nitrogen and oxygen atoms in total. The van der Waals surface area contributed by atoms with Crippen molar-refractivity contribution in [3.63, 3.8) is 0 Å². The fraction of sp³-hybridized carbons (Fsp3) is 0. The minimum Gasteiger partial charge on any atom is -0.0622 e. The summed E-state index contributed by atoms with van der Waals surface area (Å²) in [6.45, 7) is 0. The topological polar surface area (TPSA) is 0 Å². The van der Waals surface area contributed by atoms with Crippen molar-refractivity contribution in [2.45, 2.75) is 0 Å². The third-order valence-electron chi connectivity index (χ3n) is 3.04. The van der Waals surface area contributed by atoms with Crippen molar-refractivity contribution >= 4 is 0 Å². The predicted molar refractivity (Wildman–Crippen MR) is 77.3 cm³/mol. The van der Waals surface area contributed by atoms with E-state index in [1.54, 1.807) is 0 Å². The van der Waals surface area contributed by atoms with Gasteiger partial charge in [-0.3, -0.25) is 0 Å². The smallest absolute Gasteiger partial charge is 0.0622 e. The van der Waals surface area contributed by atoms with Gasteiger partial charge in [-0.2, -0.15) is 0 Å². The van der Waals surface area contributed by atoms with Crippen LogP contribution in [0.5, 0.6) is 0 Å². The molecule has 3 aromatic rings. The first-order valence-electron chi connectivity index (χ1n) is 6.56. The van der Waals surface area contributed by atoms with Crippen LogP contribution < -0.4 is 0 Å². The van der Waals surface area contributed by atoms with Gasteiger partial charge in [-0.1, -0.05) is 84.9 Å². The largest absolute Gasteiger partial charge is 0.0623 e. The molecule has 0 aliphatic heterocycles. The number of rotatable bonds is 2. The van der Waals surface area contributed by atoms with Crippen molar-refractivity contribution in [1.82, 2.24) is 0 Å². The Bertz CT molecular complexity index is 670. The SMILES string of the molecule is [2H]c1ccc(-c2ccccc2-c2ccccc2)cc1. The molecule has 0 saturated carbocycles. The van der Waals surface area contributed by atoms with Crippen LogP contribution in [-0.4, -0.2) is 0 Å². The van der Waals surface area contributed by atoms with Crippen LogP contribution in [0.25, 0.3) is 22.3 Å². The second kappa shape index (κ2) is 4.89. The van der Waals surface area contributed by atoms with Crippen molar-refractivity contribution in [1.29, 1.82) is 0 Å². The van der Waals surface area contributed by atoms with E-state index in [0.29, 0.717) is 6.04 Å². The Morgan fingerprint density at radius 2 is 0.944 bits per heavy atom. The molecule has 0 fully saturated rings. The summed E-state index contributed by atoms with van der Waals surface area (Å²) in [5.41, 5.74) is 4.79. The van der Waals surface area contributed by atoms with Gasteiger partial charge in [0.25, 0.3) is 0 Å². The highest BCUT2D eigenvalue weighted by molar-refractivity contribution is 5.83. The maximum atomic E-state index is 7.57. The fourth-order valence-corrected chi connectivity index (χ4v) is 2.17. The van der Waals surface area contributed by atoms with Crippen LogP contribution in [0.2, 0.25) is 0 Å². The standard InChI is InChI=1S/C18H14/c1-3-9-15(10-4-1)17-13-7-8-14-18(17)16-11-5-2-6-12-16/h1-14H/i1D. The third kappa shape index (κ3) is 2.05. The maximum Gasteiger partial charge on any atom is 0.0623 e. The van der Waals surface area contributed by atoms with Crippen LogP contribution in [0.1, 0.15) is 1.37 Å². The van der Waals surface area contributed by atoms with Crippen LogP contribution in [-0.2, 0) is 0 Å². The van der Waals surface area contributed by atoms with E-state index >= 15 is 0 Å². The predicted octanol–water partition coefficient (Wildman–Crippen LogP) is 5.02. The van der Waals surface area contributed by atoms with Crippen LogP contribution in [0, 0.1) is 0 Å². The molecule has 0 atom stereocenters. The summed E-state index contributed by atoms with van der Waals surface area (Å²) < 4.78 is 7.57. The fourth-order valence-electron chi connectivity index (χ4n) is 2.17. The normalized spacial score (nSPS) is 11.0. The molecule has 0 aliphatic carbocycles. The Morgan fingerprint density at radius 3 is 1.50 bits per heavy atom. The van der Waals surface area contributed by atoms with Crippen LogP contribution in [0.15, 0.2) is 84.9 Å². The zero-order valence-electron chi connectivity index (χ0n) is 11.0. The van der Waals surface area contributed by atoms with Gasteiger partial charge in [0.15, 0.2) is 0 Å². The van der Waals surface area contributed by atoms with Gasteiger partial charge in [0.2, 0.25) is 0 Å². The molecule has 0 unspecified atom stereocenters. The second-order valence-electron chi connectivity index (χ2n) is 4.20. The van der Waals surface area contributed by atoms with E-state index in [1.165, 1.54) is 16.7 Å². The van der Waals surface area contributed by atoms with Gasteiger partial charge < -0.3 is 0 Å². The molecule has 0 radical (unpaired) electrons. The lowest BCUT2D eigenvalue weighted by molar-refractivity contribution is 1.58. The summed E-state index contributed by atoms with van der Waals surface area (Å²) in [6.07, 6.45) is 0. The molecule has 0 aromatic heterocycles. The summed E-state index contributed by atoms with van der Waals surface area (Å²) in [4.78, 5) is 0. The maximum absolute atomic E-state index is 7.57. The number of benzene rings is 3. The lowest BCUT2D eigenvalue weighted by Gasteiger charge is -2.09. The molecule has 0 heterocycles. The molecule has 0 spiro atoms. The summed E-state index contributed by atoms with van der Waals surface area (Å²) >= 11 is 0. The molecule has 0 N–H and O–H groups in total. The van der Waals surface area contributed by atoms with Gasteiger partial charge in [0.05, 0.1) is 1.37 Å². The van der Waals surface area contributed by atoms with Crippen molar-refractivity contribution < 1.29 is 1.37 Å². The zero-order chi connectivity index (χ0) is 13.1. The molecule has 0 heteroatoms.